The minimum absolute atomic E-state index is 0.0294. The van der Waals surface area contributed by atoms with Crippen molar-refractivity contribution < 1.29 is 23.4 Å². The SMILES string of the molecule is CCC(O)CNC(=O)CCOCC(F)F. The highest BCUT2D eigenvalue weighted by Crippen LogP contribution is 1.93. The molecule has 0 aliphatic carbocycles. The number of halogens is 2. The lowest BCUT2D eigenvalue weighted by Gasteiger charge is -2.09. The van der Waals surface area contributed by atoms with Crippen molar-refractivity contribution in [1.29, 1.82) is 0 Å². The largest absolute Gasteiger partial charge is 0.391 e. The number of hydrogen-bond acceptors (Lipinski definition) is 3. The van der Waals surface area contributed by atoms with E-state index in [4.69, 9.17) is 5.11 Å². The summed E-state index contributed by atoms with van der Waals surface area (Å²) in [7, 11) is 0. The number of hydrogen-bond donors (Lipinski definition) is 2. The molecule has 6 heteroatoms. The van der Waals surface area contributed by atoms with Gasteiger partial charge in [0.1, 0.15) is 6.61 Å². The molecule has 0 aromatic heterocycles. The topological polar surface area (TPSA) is 58.6 Å². The van der Waals surface area contributed by atoms with Crippen LogP contribution in [0.3, 0.4) is 0 Å². The molecule has 0 fully saturated rings. The second kappa shape index (κ2) is 8.55. The van der Waals surface area contributed by atoms with Gasteiger partial charge in [-0.15, -0.1) is 0 Å². The number of alkyl halides is 2. The summed E-state index contributed by atoms with van der Waals surface area (Å²) in [5.41, 5.74) is 0. The summed E-state index contributed by atoms with van der Waals surface area (Å²) in [6, 6.07) is 0. The zero-order chi connectivity index (χ0) is 11.7. The lowest BCUT2D eigenvalue weighted by Crippen LogP contribution is -2.32. The standard InChI is InChI=1S/C9H17F2NO3/c1-2-7(13)5-12-9(14)3-4-15-6-8(10)11/h7-8,13H,2-6H2,1H3,(H,12,14). The maximum Gasteiger partial charge on any atom is 0.261 e. The monoisotopic (exact) mass is 225 g/mol. The van der Waals surface area contributed by atoms with Crippen molar-refractivity contribution in [3.05, 3.63) is 0 Å². The zero-order valence-corrected chi connectivity index (χ0v) is 8.71. The number of aliphatic hydroxyl groups is 1. The van der Waals surface area contributed by atoms with Gasteiger partial charge in [0.25, 0.3) is 6.43 Å². The Kier molecular flexibility index (Phi) is 8.12. The molecule has 0 radical (unpaired) electrons. The Hall–Kier alpha value is -0.750. The summed E-state index contributed by atoms with van der Waals surface area (Å²) < 4.78 is 27.7. The van der Waals surface area contributed by atoms with E-state index in [0.29, 0.717) is 6.42 Å². The summed E-state index contributed by atoms with van der Waals surface area (Å²) >= 11 is 0. The van der Waals surface area contributed by atoms with Crippen molar-refractivity contribution in [2.24, 2.45) is 0 Å². The third kappa shape index (κ3) is 9.55. The van der Waals surface area contributed by atoms with E-state index >= 15 is 0 Å². The maximum atomic E-state index is 11.6. The molecule has 0 heterocycles. The molecule has 90 valence electrons. The third-order valence-electron chi connectivity index (χ3n) is 1.72. The number of ether oxygens (including phenoxy) is 1. The van der Waals surface area contributed by atoms with Gasteiger partial charge in [-0.2, -0.15) is 0 Å². The summed E-state index contributed by atoms with van der Waals surface area (Å²) in [6.45, 7) is 1.30. The Morgan fingerprint density at radius 2 is 2.20 bits per heavy atom. The molecule has 0 aliphatic rings. The van der Waals surface area contributed by atoms with Crippen molar-refractivity contribution in [3.63, 3.8) is 0 Å². The number of nitrogens with one attached hydrogen (secondary N) is 1. The second-order valence-electron chi connectivity index (χ2n) is 3.08. The molecule has 0 spiro atoms. The molecule has 2 N–H and O–H groups in total. The minimum Gasteiger partial charge on any atom is -0.391 e. The van der Waals surface area contributed by atoms with Gasteiger partial charge in [-0.3, -0.25) is 4.79 Å². The average Bonchev–Trinajstić information content (AvgIpc) is 2.20. The minimum atomic E-state index is -2.50. The van der Waals surface area contributed by atoms with E-state index in [1.807, 2.05) is 0 Å². The van der Waals surface area contributed by atoms with Gasteiger partial charge in [-0.25, -0.2) is 8.78 Å². The van der Waals surface area contributed by atoms with Gasteiger partial charge >= 0.3 is 0 Å². The molecular weight excluding hydrogens is 208 g/mol. The van der Waals surface area contributed by atoms with Crippen LogP contribution in [0.5, 0.6) is 0 Å². The summed E-state index contributed by atoms with van der Waals surface area (Å²) in [5, 5.41) is 11.6. The molecular formula is C9H17F2NO3. The lowest BCUT2D eigenvalue weighted by molar-refractivity contribution is -0.123. The highest BCUT2D eigenvalue weighted by Gasteiger charge is 2.06. The molecule has 1 atom stereocenters. The molecule has 1 unspecified atom stereocenters. The molecule has 0 saturated heterocycles. The Bertz CT molecular complexity index is 179. The van der Waals surface area contributed by atoms with E-state index in [9.17, 15) is 13.6 Å². The van der Waals surface area contributed by atoms with Gasteiger partial charge in [-0.1, -0.05) is 6.92 Å². The first kappa shape index (κ1) is 14.2. The van der Waals surface area contributed by atoms with Crippen LogP contribution in [0, 0.1) is 0 Å². The quantitative estimate of drug-likeness (QED) is 0.593. The predicted molar refractivity (Wildman–Crippen MR) is 50.7 cm³/mol. The molecule has 0 aliphatic heterocycles. The van der Waals surface area contributed by atoms with Crippen LogP contribution in [0.2, 0.25) is 0 Å². The molecule has 1 amide bonds. The molecule has 0 rings (SSSR count). The Balaban J connectivity index is 3.34. The zero-order valence-electron chi connectivity index (χ0n) is 8.71. The van der Waals surface area contributed by atoms with E-state index < -0.39 is 19.1 Å². The number of rotatable bonds is 8. The Morgan fingerprint density at radius 1 is 1.53 bits per heavy atom. The normalized spacial score (nSPS) is 12.9. The van der Waals surface area contributed by atoms with Crippen LogP contribution in [0.25, 0.3) is 0 Å². The molecule has 0 aromatic carbocycles. The van der Waals surface area contributed by atoms with Crippen LogP contribution in [-0.2, 0) is 9.53 Å². The molecule has 4 nitrogen and oxygen atoms in total. The van der Waals surface area contributed by atoms with Crippen LogP contribution < -0.4 is 5.32 Å². The molecule has 0 aromatic rings. The van der Waals surface area contributed by atoms with Crippen molar-refractivity contribution in [2.75, 3.05) is 19.8 Å². The maximum absolute atomic E-state index is 11.6. The highest BCUT2D eigenvalue weighted by molar-refractivity contribution is 5.75. The van der Waals surface area contributed by atoms with Gasteiger partial charge in [0.15, 0.2) is 0 Å². The first-order valence-corrected chi connectivity index (χ1v) is 4.87. The number of carbonyl (C=O) groups excluding carboxylic acids is 1. The van der Waals surface area contributed by atoms with Crippen LogP contribution in [0.15, 0.2) is 0 Å². The van der Waals surface area contributed by atoms with Crippen LogP contribution in [-0.4, -0.2) is 43.3 Å². The van der Waals surface area contributed by atoms with E-state index in [1.54, 1.807) is 6.92 Å². The van der Waals surface area contributed by atoms with Gasteiger partial charge < -0.3 is 15.2 Å². The molecule has 0 saturated carbocycles. The van der Waals surface area contributed by atoms with Crippen molar-refractivity contribution in [3.8, 4) is 0 Å². The number of amides is 1. The molecule has 15 heavy (non-hydrogen) atoms. The number of aliphatic hydroxyl groups excluding tert-OH is 1. The van der Waals surface area contributed by atoms with Gasteiger partial charge in [-0.05, 0) is 6.42 Å². The first-order valence-electron chi connectivity index (χ1n) is 4.87. The summed E-state index contributed by atoms with van der Waals surface area (Å²) in [4.78, 5) is 11.0. The molecule has 0 bridgehead atoms. The van der Waals surface area contributed by atoms with Crippen LogP contribution in [0.4, 0.5) is 8.78 Å². The highest BCUT2D eigenvalue weighted by atomic mass is 19.3. The summed E-state index contributed by atoms with van der Waals surface area (Å²) in [6.07, 6.45) is -2.48. The smallest absolute Gasteiger partial charge is 0.261 e. The lowest BCUT2D eigenvalue weighted by atomic mass is 10.3. The van der Waals surface area contributed by atoms with Gasteiger partial charge in [0.2, 0.25) is 5.91 Å². The van der Waals surface area contributed by atoms with Gasteiger partial charge in [0.05, 0.1) is 12.7 Å². The Labute approximate surface area is 87.6 Å². The average molecular weight is 225 g/mol. The number of carbonyl (C=O) groups is 1. The van der Waals surface area contributed by atoms with Crippen molar-refractivity contribution in [2.45, 2.75) is 32.3 Å². The predicted octanol–water partition coefficient (Wildman–Crippen LogP) is 0.545. The van der Waals surface area contributed by atoms with Crippen molar-refractivity contribution >= 4 is 5.91 Å². The Morgan fingerprint density at radius 3 is 2.73 bits per heavy atom. The third-order valence-corrected chi connectivity index (χ3v) is 1.72. The first-order chi connectivity index (χ1) is 7.06. The second-order valence-corrected chi connectivity index (χ2v) is 3.08. The van der Waals surface area contributed by atoms with E-state index in [-0.39, 0.29) is 25.5 Å². The fraction of sp³-hybridized carbons (Fsp3) is 0.889. The van der Waals surface area contributed by atoms with Crippen molar-refractivity contribution in [1.82, 2.24) is 5.32 Å². The fourth-order valence-electron chi connectivity index (χ4n) is 0.802. The van der Waals surface area contributed by atoms with E-state index in [0.717, 1.165) is 0 Å². The fourth-order valence-corrected chi connectivity index (χ4v) is 0.802. The van der Waals surface area contributed by atoms with E-state index in [2.05, 4.69) is 10.1 Å². The van der Waals surface area contributed by atoms with Crippen LogP contribution in [0.1, 0.15) is 19.8 Å². The summed E-state index contributed by atoms with van der Waals surface area (Å²) in [5.74, 6) is -0.309. The van der Waals surface area contributed by atoms with Gasteiger partial charge in [0, 0.05) is 13.0 Å². The van der Waals surface area contributed by atoms with E-state index in [1.165, 1.54) is 0 Å². The van der Waals surface area contributed by atoms with Crippen LogP contribution >= 0.6 is 0 Å².